The highest BCUT2D eigenvalue weighted by molar-refractivity contribution is 7.11. The van der Waals surface area contributed by atoms with E-state index in [1.165, 1.54) is 0 Å². The van der Waals surface area contributed by atoms with Crippen LogP contribution in [0, 0.1) is 12.8 Å². The number of aryl methyl sites for hydroxylation is 1. The number of aromatic nitrogens is 2. The SMILES string of the molecule is Cc1nnc(C(C)NCC(C)C)s1. The smallest absolute Gasteiger partial charge is 0.134 e. The number of hydrogen-bond donors (Lipinski definition) is 1. The first-order chi connectivity index (χ1) is 6.09. The topological polar surface area (TPSA) is 37.8 Å². The second-order valence-corrected chi connectivity index (χ2v) is 4.90. The second-order valence-electron chi connectivity index (χ2n) is 3.68. The predicted octanol–water partition coefficient (Wildman–Crippen LogP) is 2.15. The van der Waals surface area contributed by atoms with Gasteiger partial charge in [-0.2, -0.15) is 0 Å². The van der Waals surface area contributed by atoms with Gasteiger partial charge in [-0.3, -0.25) is 0 Å². The molecule has 1 aromatic heterocycles. The highest BCUT2D eigenvalue weighted by Crippen LogP contribution is 2.16. The number of rotatable bonds is 4. The van der Waals surface area contributed by atoms with Crippen molar-refractivity contribution in [1.29, 1.82) is 0 Å². The maximum absolute atomic E-state index is 4.10. The van der Waals surface area contributed by atoms with E-state index in [2.05, 4.69) is 36.3 Å². The molecule has 0 saturated heterocycles. The summed E-state index contributed by atoms with van der Waals surface area (Å²) in [5.74, 6) is 0.677. The largest absolute Gasteiger partial charge is 0.308 e. The molecule has 0 spiro atoms. The van der Waals surface area contributed by atoms with E-state index < -0.39 is 0 Å². The lowest BCUT2D eigenvalue weighted by atomic mass is 10.2. The van der Waals surface area contributed by atoms with Gasteiger partial charge < -0.3 is 5.32 Å². The van der Waals surface area contributed by atoms with Crippen LogP contribution < -0.4 is 5.32 Å². The van der Waals surface area contributed by atoms with Gasteiger partial charge in [0, 0.05) is 0 Å². The molecule has 0 aliphatic heterocycles. The lowest BCUT2D eigenvalue weighted by Crippen LogP contribution is -2.23. The fourth-order valence-electron chi connectivity index (χ4n) is 0.987. The number of hydrogen-bond acceptors (Lipinski definition) is 4. The van der Waals surface area contributed by atoms with Crippen LogP contribution in [0.3, 0.4) is 0 Å². The molecule has 1 unspecified atom stereocenters. The van der Waals surface area contributed by atoms with E-state index >= 15 is 0 Å². The molecule has 1 atom stereocenters. The molecule has 1 heterocycles. The van der Waals surface area contributed by atoms with Gasteiger partial charge in [0.2, 0.25) is 0 Å². The van der Waals surface area contributed by atoms with Crippen LogP contribution >= 0.6 is 11.3 Å². The van der Waals surface area contributed by atoms with Crippen molar-refractivity contribution in [3.8, 4) is 0 Å². The molecule has 0 aliphatic rings. The van der Waals surface area contributed by atoms with Crippen LogP contribution in [0.15, 0.2) is 0 Å². The molecule has 1 rings (SSSR count). The molecular formula is C9H17N3S. The normalized spacial score (nSPS) is 13.6. The van der Waals surface area contributed by atoms with Gasteiger partial charge in [-0.15, -0.1) is 21.5 Å². The number of nitrogens with one attached hydrogen (secondary N) is 1. The van der Waals surface area contributed by atoms with Crippen molar-refractivity contribution in [3.05, 3.63) is 10.0 Å². The predicted molar refractivity (Wildman–Crippen MR) is 55.9 cm³/mol. The van der Waals surface area contributed by atoms with Gasteiger partial charge in [0.15, 0.2) is 0 Å². The average molecular weight is 199 g/mol. The Kier molecular flexibility index (Phi) is 3.81. The molecule has 13 heavy (non-hydrogen) atoms. The van der Waals surface area contributed by atoms with Gasteiger partial charge in [-0.05, 0) is 26.3 Å². The van der Waals surface area contributed by atoms with E-state index in [0.717, 1.165) is 16.6 Å². The zero-order valence-electron chi connectivity index (χ0n) is 8.66. The molecular weight excluding hydrogens is 182 g/mol. The molecule has 0 aliphatic carbocycles. The first kappa shape index (κ1) is 10.6. The van der Waals surface area contributed by atoms with Gasteiger partial charge in [-0.25, -0.2) is 0 Å². The van der Waals surface area contributed by atoms with Gasteiger partial charge in [0.1, 0.15) is 10.0 Å². The fourth-order valence-corrected chi connectivity index (χ4v) is 1.71. The van der Waals surface area contributed by atoms with E-state index in [0.29, 0.717) is 12.0 Å². The Labute approximate surface area is 83.6 Å². The summed E-state index contributed by atoms with van der Waals surface area (Å²) in [4.78, 5) is 0. The van der Waals surface area contributed by atoms with Crippen molar-refractivity contribution >= 4 is 11.3 Å². The maximum Gasteiger partial charge on any atom is 0.134 e. The second kappa shape index (κ2) is 4.67. The summed E-state index contributed by atoms with van der Waals surface area (Å²) in [7, 11) is 0. The Morgan fingerprint density at radius 1 is 1.31 bits per heavy atom. The van der Waals surface area contributed by atoms with Gasteiger partial charge in [0.05, 0.1) is 6.04 Å². The molecule has 0 saturated carbocycles. The Morgan fingerprint density at radius 2 is 2.00 bits per heavy atom. The molecule has 74 valence electrons. The van der Waals surface area contributed by atoms with Crippen molar-refractivity contribution in [2.75, 3.05) is 6.54 Å². The minimum atomic E-state index is 0.327. The van der Waals surface area contributed by atoms with Gasteiger partial charge in [-0.1, -0.05) is 13.8 Å². The van der Waals surface area contributed by atoms with Crippen molar-refractivity contribution in [1.82, 2.24) is 15.5 Å². The van der Waals surface area contributed by atoms with Crippen molar-refractivity contribution in [2.24, 2.45) is 5.92 Å². The summed E-state index contributed by atoms with van der Waals surface area (Å²) >= 11 is 1.66. The van der Waals surface area contributed by atoms with E-state index in [1.807, 2.05) is 6.92 Å². The van der Waals surface area contributed by atoms with Crippen LogP contribution in [0.25, 0.3) is 0 Å². The van der Waals surface area contributed by atoms with E-state index in [-0.39, 0.29) is 0 Å². The lowest BCUT2D eigenvalue weighted by molar-refractivity contribution is 0.493. The summed E-state index contributed by atoms with van der Waals surface area (Å²) in [6.45, 7) is 9.54. The zero-order valence-corrected chi connectivity index (χ0v) is 9.48. The first-order valence-corrected chi connectivity index (χ1v) is 5.44. The quantitative estimate of drug-likeness (QED) is 0.807. The van der Waals surface area contributed by atoms with Crippen molar-refractivity contribution < 1.29 is 0 Å². The first-order valence-electron chi connectivity index (χ1n) is 4.63. The standard InChI is InChI=1S/C9H17N3S/c1-6(2)5-10-7(3)9-12-11-8(4)13-9/h6-7,10H,5H2,1-4H3. The van der Waals surface area contributed by atoms with Crippen LogP contribution in [0.1, 0.15) is 36.8 Å². The highest BCUT2D eigenvalue weighted by atomic mass is 32.1. The van der Waals surface area contributed by atoms with Gasteiger partial charge in [0.25, 0.3) is 0 Å². The van der Waals surface area contributed by atoms with E-state index in [4.69, 9.17) is 0 Å². The van der Waals surface area contributed by atoms with E-state index in [1.54, 1.807) is 11.3 Å². The summed E-state index contributed by atoms with van der Waals surface area (Å²) in [6.07, 6.45) is 0. The summed E-state index contributed by atoms with van der Waals surface area (Å²) in [5.41, 5.74) is 0. The Balaban J connectivity index is 2.44. The third-order valence-electron chi connectivity index (χ3n) is 1.74. The van der Waals surface area contributed by atoms with Crippen molar-refractivity contribution in [3.63, 3.8) is 0 Å². The molecule has 1 aromatic rings. The van der Waals surface area contributed by atoms with Crippen LogP contribution in [-0.4, -0.2) is 16.7 Å². The number of nitrogens with zero attached hydrogens (tertiary/aromatic N) is 2. The molecule has 0 amide bonds. The Hall–Kier alpha value is -0.480. The average Bonchev–Trinajstić information content (AvgIpc) is 2.47. The molecule has 0 radical (unpaired) electrons. The third-order valence-corrected chi connectivity index (χ3v) is 2.77. The van der Waals surface area contributed by atoms with E-state index in [9.17, 15) is 0 Å². The zero-order chi connectivity index (χ0) is 9.84. The molecule has 1 N–H and O–H groups in total. The molecule has 4 heteroatoms. The van der Waals surface area contributed by atoms with Crippen LogP contribution in [0.2, 0.25) is 0 Å². The summed E-state index contributed by atoms with van der Waals surface area (Å²) < 4.78 is 0. The highest BCUT2D eigenvalue weighted by Gasteiger charge is 2.09. The van der Waals surface area contributed by atoms with Gasteiger partial charge >= 0.3 is 0 Å². The van der Waals surface area contributed by atoms with Crippen LogP contribution in [-0.2, 0) is 0 Å². The molecule has 0 aromatic carbocycles. The minimum Gasteiger partial charge on any atom is -0.308 e. The Bertz CT molecular complexity index is 257. The minimum absolute atomic E-state index is 0.327. The Morgan fingerprint density at radius 3 is 2.46 bits per heavy atom. The molecule has 3 nitrogen and oxygen atoms in total. The van der Waals surface area contributed by atoms with Crippen LogP contribution in [0.4, 0.5) is 0 Å². The monoisotopic (exact) mass is 199 g/mol. The molecule has 0 fully saturated rings. The summed E-state index contributed by atoms with van der Waals surface area (Å²) in [5, 5.41) is 13.6. The maximum atomic E-state index is 4.10. The molecule has 0 bridgehead atoms. The van der Waals surface area contributed by atoms with Crippen molar-refractivity contribution in [2.45, 2.75) is 33.7 Å². The van der Waals surface area contributed by atoms with Crippen LogP contribution in [0.5, 0.6) is 0 Å². The third kappa shape index (κ3) is 3.40. The lowest BCUT2D eigenvalue weighted by Gasteiger charge is -2.11. The fraction of sp³-hybridized carbons (Fsp3) is 0.778. The summed E-state index contributed by atoms with van der Waals surface area (Å²) in [6, 6.07) is 0.327.